The minimum atomic E-state index is -0.656. The van der Waals surface area contributed by atoms with Gasteiger partial charge in [-0.2, -0.15) is 0 Å². The molecule has 0 aliphatic carbocycles. The number of nitrogens with one attached hydrogen (secondary N) is 2. The highest BCUT2D eigenvalue weighted by molar-refractivity contribution is 5.99. The Bertz CT molecular complexity index is 855. The number of benzene rings is 1. The third-order valence-corrected chi connectivity index (χ3v) is 6.78. The molecular formula is C26H40N4O4. The van der Waals surface area contributed by atoms with Gasteiger partial charge >= 0.3 is 0 Å². The van der Waals surface area contributed by atoms with Crippen LogP contribution in [0.4, 0.5) is 0 Å². The van der Waals surface area contributed by atoms with E-state index in [2.05, 4.69) is 29.6 Å². The van der Waals surface area contributed by atoms with E-state index < -0.39 is 24.0 Å². The smallest absolute Gasteiger partial charge is 0.246 e. The second-order valence-corrected chi connectivity index (χ2v) is 10.3. The van der Waals surface area contributed by atoms with Gasteiger partial charge in [0.25, 0.3) is 0 Å². The number of hydrogen-bond donors (Lipinski definition) is 3. The van der Waals surface area contributed by atoms with Crippen molar-refractivity contribution in [3.8, 4) is 5.75 Å². The predicted molar refractivity (Wildman–Crippen MR) is 131 cm³/mol. The van der Waals surface area contributed by atoms with Gasteiger partial charge in [-0.05, 0) is 69.9 Å². The van der Waals surface area contributed by atoms with Crippen molar-refractivity contribution in [2.75, 3.05) is 27.2 Å². The van der Waals surface area contributed by atoms with Crippen molar-refractivity contribution >= 4 is 17.7 Å². The predicted octanol–water partition coefficient (Wildman–Crippen LogP) is 2.43. The number of hydrogen-bond acceptors (Lipinski definition) is 5. The fourth-order valence-corrected chi connectivity index (χ4v) is 5.10. The summed E-state index contributed by atoms with van der Waals surface area (Å²) in [5.74, 6) is -0.596. The van der Waals surface area contributed by atoms with Crippen molar-refractivity contribution in [2.45, 2.75) is 70.5 Å². The molecule has 0 radical (unpaired) electrons. The molecule has 3 N–H and O–H groups in total. The molecule has 34 heavy (non-hydrogen) atoms. The number of piperazine rings is 1. The molecule has 3 rings (SSSR count). The average Bonchev–Trinajstić information content (AvgIpc) is 3.18. The van der Waals surface area contributed by atoms with E-state index in [-0.39, 0.29) is 29.4 Å². The van der Waals surface area contributed by atoms with Crippen LogP contribution in [-0.4, -0.2) is 71.9 Å². The van der Waals surface area contributed by atoms with Crippen LogP contribution in [0.2, 0.25) is 0 Å². The van der Waals surface area contributed by atoms with Crippen LogP contribution in [0.3, 0.4) is 0 Å². The molecule has 2 aliphatic rings. The van der Waals surface area contributed by atoms with E-state index in [0.29, 0.717) is 19.4 Å². The molecule has 0 unspecified atom stereocenters. The highest BCUT2D eigenvalue weighted by Gasteiger charge is 2.54. The first-order chi connectivity index (χ1) is 16.2. The van der Waals surface area contributed by atoms with E-state index in [9.17, 15) is 19.5 Å². The first kappa shape index (κ1) is 26.0. The quantitative estimate of drug-likeness (QED) is 0.430. The summed E-state index contributed by atoms with van der Waals surface area (Å²) in [4.78, 5) is 43.4. The Balaban J connectivity index is 1.72. The summed E-state index contributed by atoms with van der Waals surface area (Å²) >= 11 is 0. The first-order valence-electron chi connectivity index (χ1n) is 12.5. The lowest BCUT2D eigenvalue weighted by Crippen LogP contribution is -2.61. The van der Waals surface area contributed by atoms with E-state index in [4.69, 9.17) is 0 Å². The van der Waals surface area contributed by atoms with Crippen LogP contribution in [0.15, 0.2) is 24.3 Å². The number of phenolic OH excluding ortho intramolecular Hbond substituents is 1. The molecule has 1 aromatic rings. The molecule has 0 bridgehead atoms. The van der Waals surface area contributed by atoms with Crippen molar-refractivity contribution in [1.29, 1.82) is 0 Å². The number of amides is 3. The lowest BCUT2D eigenvalue weighted by atomic mass is 9.92. The number of fused-ring (bicyclic) bond motifs is 1. The molecule has 0 aromatic heterocycles. The standard InChI is InChI=1S/C26H40N4O4/c1-17(2)15-21-26(34)30-22(25(33)28-21)16-20(23(30)18-9-11-19(31)12-10-18)24(32)27-13-7-5-6-8-14-29(3)4/h9-12,17,20-23,31H,5-8,13-16H2,1-4H3,(H,27,32)(H,28,33)/t20-,21-,22-,23-/m0/s1. The third-order valence-electron chi connectivity index (χ3n) is 6.78. The van der Waals surface area contributed by atoms with Gasteiger partial charge in [0, 0.05) is 6.54 Å². The van der Waals surface area contributed by atoms with E-state index >= 15 is 0 Å². The Morgan fingerprint density at radius 2 is 1.82 bits per heavy atom. The summed E-state index contributed by atoms with van der Waals surface area (Å²) in [5, 5.41) is 15.7. The number of phenols is 1. The maximum Gasteiger partial charge on any atom is 0.246 e. The molecule has 2 fully saturated rings. The van der Waals surface area contributed by atoms with Gasteiger partial charge in [0.1, 0.15) is 17.8 Å². The normalized spacial score (nSPS) is 24.5. The molecule has 4 atom stereocenters. The molecule has 2 heterocycles. The van der Waals surface area contributed by atoms with E-state index in [1.54, 1.807) is 29.2 Å². The van der Waals surface area contributed by atoms with Gasteiger partial charge in [-0.15, -0.1) is 0 Å². The Hall–Kier alpha value is -2.61. The molecule has 2 aliphatic heterocycles. The van der Waals surface area contributed by atoms with Crippen molar-refractivity contribution in [1.82, 2.24) is 20.4 Å². The van der Waals surface area contributed by atoms with Crippen LogP contribution in [0.1, 0.15) is 64.0 Å². The molecule has 0 spiro atoms. The van der Waals surface area contributed by atoms with Gasteiger partial charge in [-0.3, -0.25) is 14.4 Å². The van der Waals surface area contributed by atoms with E-state index in [1.807, 2.05) is 13.8 Å². The lowest BCUT2D eigenvalue weighted by Gasteiger charge is -2.39. The lowest BCUT2D eigenvalue weighted by molar-refractivity contribution is -0.150. The highest BCUT2D eigenvalue weighted by atomic mass is 16.3. The van der Waals surface area contributed by atoms with Gasteiger partial charge in [0.05, 0.1) is 12.0 Å². The SMILES string of the molecule is CC(C)C[C@@H]1NC(=O)[C@@H]2C[C@H](C(=O)NCCCCCCN(C)C)[C@H](c3ccc(O)cc3)N2C1=O. The zero-order valence-corrected chi connectivity index (χ0v) is 20.9. The Kier molecular flexibility index (Phi) is 8.94. The topological polar surface area (TPSA) is 102 Å². The van der Waals surface area contributed by atoms with Crippen LogP contribution < -0.4 is 10.6 Å². The maximum absolute atomic E-state index is 13.4. The van der Waals surface area contributed by atoms with Crippen molar-refractivity contribution in [3.63, 3.8) is 0 Å². The van der Waals surface area contributed by atoms with Gasteiger partial charge in [0.2, 0.25) is 17.7 Å². The summed E-state index contributed by atoms with van der Waals surface area (Å²) < 4.78 is 0. The number of carbonyl (C=O) groups is 3. The Morgan fingerprint density at radius 1 is 1.15 bits per heavy atom. The summed E-state index contributed by atoms with van der Waals surface area (Å²) in [6.07, 6.45) is 5.06. The highest BCUT2D eigenvalue weighted by Crippen LogP contribution is 2.43. The first-order valence-corrected chi connectivity index (χ1v) is 12.5. The minimum absolute atomic E-state index is 0.119. The minimum Gasteiger partial charge on any atom is -0.508 e. The van der Waals surface area contributed by atoms with Crippen LogP contribution in [0.25, 0.3) is 0 Å². The molecule has 8 heteroatoms. The third kappa shape index (κ3) is 6.29. The Morgan fingerprint density at radius 3 is 2.47 bits per heavy atom. The maximum atomic E-state index is 13.4. The monoisotopic (exact) mass is 472 g/mol. The second-order valence-electron chi connectivity index (χ2n) is 10.3. The zero-order chi connectivity index (χ0) is 24.8. The van der Waals surface area contributed by atoms with E-state index in [0.717, 1.165) is 37.8 Å². The van der Waals surface area contributed by atoms with Crippen molar-refractivity contribution < 1.29 is 19.5 Å². The van der Waals surface area contributed by atoms with Gasteiger partial charge < -0.3 is 25.5 Å². The largest absolute Gasteiger partial charge is 0.508 e. The molecule has 0 saturated carbocycles. The Labute approximate surface area is 203 Å². The summed E-state index contributed by atoms with van der Waals surface area (Å²) in [5.41, 5.74) is 0.760. The molecule has 3 amide bonds. The fraction of sp³-hybridized carbons (Fsp3) is 0.654. The molecule has 8 nitrogen and oxygen atoms in total. The summed E-state index contributed by atoms with van der Waals surface area (Å²) in [6.45, 7) is 5.68. The van der Waals surface area contributed by atoms with Crippen molar-refractivity contribution in [3.05, 3.63) is 29.8 Å². The van der Waals surface area contributed by atoms with Crippen LogP contribution in [0, 0.1) is 11.8 Å². The van der Waals surface area contributed by atoms with Gasteiger partial charge in [-0.1, -0.05) is 38.8 Å². The van der Waals surface area contributed by atoms with Gasteiger partial charge in [-0.25, -0.2) is 0 Å². The van der Waals surface area contributed by atoms with Crippen LogP contribution >= 0.6 is 0 Å². The average molecular weight is 473 g/mol. The number of carbonyl (C=O) groups excluding carboxylic acids is 3. The van der Waals surface area contributed by atoms with Gasteiger partial charge in [0.15, 0.2) is 0 Å². The fourth-order valence-electron chi connectivity index (χ4n) is 5.10. The molecule has 1 aromatic carbocycles. The van der Waals surface area contributed by atoms with Crippen molar-refractivity contribution in [2.24, 2.45) is 11.8 Å². The molecule has 2 saturated heterocycles. The van der Waals surface area contributed by atoms with Crippen LogP contribution in [0.5, 0.6) is 5.75 Å². The molecule has 188 valence electrons. The number of nitrogens with zero attached hydrogens (tertiary/aromatic N) is 2. The number of rotatable bonds is 11. The second kappa shape index (κ2) is 11.7. The van der Waals surface area contributed by atoms with E-state index in [1.165, 1.54) is 0 Å². The van der Waals surface area contributed by atoms with Crippen LogP contribution in [-0.2, 0) is 14.4 Å². The number of aromatic hydroxyl groups is 1. The number of unbranched alkanes of at least 4 members (excludes halogenated alkanes) is 3. The molecular weight excluding hydrogens is 432 g/mol. The summed E-state index contributed by atoms with van der Waals surface area (Å²) in [7, 11) is 4.13. The summed E-state index contributed by atoms with van der Waals surface area (Å²) in [6, 6.07) is 4.84. The zero-order valence-electron chi connectivity index (χ0n) is 20.9.